The van der Waals surface area contributed by atoms with E-state index in [1.165, 1.54) is 0 Å². The van der Waals surface area contributed by atoms with E-state index in [2.05, 4.69) is 16.0 Å². The van der Waals surface area contributed by atoms with Crippen LogP contribution in [0, 0.1) is 0 Å². The molecule has 0 atom stereocenters. The van der Waals surface area contributed by atoms with E-state index in [9.17, 15) is 9.59 Å². The summed E-state index contributed by atoms with van der Waals surface area (Å²) in [5.74, 6) is -0.0901. The normalized spacial score (nSPS) is 10.1. The van der Waals surface area contributed by atoms with Crippen molar-refractivity contribution >= 4 is 23.2 Å². The fourth-order valence-corrected chi connectivity index (χ4v) is 1.51. The van der Waals surface area contributed by atoms with Gasteiger partial charge in [-0.25, -0.2) is 0 Å². The second-order valence-corrected chi connectivity index (χ2v) is 4.56. The molecule has 104 valence electrons. The number of anilines is 2. The van der Waals surface area contributed by atoms with E-state index < -0.39 is 0 Å². The van der Waals surface area contributed by atoms with Gasteiger partial charge in [0.25, 0.3) is 0 Å². The SMILES string of the molecule is CCC(=O)Nc1cccc(NCC(=O)NC(C)C)c1. The Labute approximate surface area is 113 Å². The first-order valence-corrected chi connectivity index (χ1v) is 6.44. The Morgan fingerprint density at radius 1 is 1.16 bits per heavy atom. The molecule has 1 aromatic carbocycles. The van der Waals surface area contributed by atoms with Gasteiger partial charge in [-0.2, -0.15) is 0 Å². The number of rotatable bonds is 6. The summed E-state index contributed by atoms with van der Waals surface area (Å²) in [6.45, 7) is 5.84. The summed E-state index contributed by atoms with van der Waals surface area (Å²) in [6.07, 6.45) is 0.439. The van der Waals surface area contributed by atoms with Crippen molar-refractivity contribution in [3.63, 3.8) is 0 Å². The molecule has 0 aliphatic rings. The molecule has 1 rings (SSSR count). The first-order valence-electron chi connectivity index (χ1n) is 6.44. The molecule has 0 bridgehead atoms. The van der Waals surface area contributed by atoms with Gasteiger partial charge >= 0.3 is 0 Å². The van der Waals surface area contributed by atoms with E-state index in [0.717, 1.165) is 11.4 Å². The van der Waals surface area contributed by atoms with E-state index in [-0.39, 0.29) is 24.4 Å². The van der Waals surface area contributed by atoms with Crippen molar-refractivity contribution < 1.29 is 9.59 Å². The van der Waals surface area contributed by atoms with E-state index in [4.69, 9.17) is 0 Å². The number of hydrogen-bond acceptors (Lipinski definition) is 3. The van der Waals surface area contributed by atoms with Crippen LogP contribution in [0.3, 0.4) is 0 Å². The van der Waals surface area contributed by atoms with Gasteiger partial charge in [0.05, 0.1) is 6.54 Å². The molecule has 3 N–H and O–H groups in total. The van der Waals surface area contributed by atoms with Gasteiger partial charge in [-0.1, -0.05) is 13.0 Å². The van der Waals surface area contributed by atoms with Crippen molar-refractivity contribution in [2.45, 2.75) is 33.2 Å². The van der Waals surface area contributed by atoms with Crippen LogP contribution < -0.4 is 16.0 Å². The maximum atomic E-state index is 11.5. The van der Waals surface area contributed by atoms with Crippen LogP contribution in [0.4, 0.5) is 11.4 Å². The van der Waals surface area contributed by atoms with Gasteiger partial charge in [0.2, 0.25) is 11.8 Å². The molecule has 0 aliphatic heterocycles. The van der Waals surface area contributed by atoms with Crippen LogP contribution in [-0.2, 0) is 9.59 Å². The predicted molar refractivity (Wildman–Crippen MR) is 77.1 cm³/mol. The lowest BCUT2D eigenvalue weighted by Crippen LogP contribution is -2.34. The zero-order chi connectivity index (χ0) is 14.3. The van der Waals surface area contributed by atoms with Crippen molar-refractivity contribution in [3.8, 4) is 0 Å². The van der Waals surface area contributed by atoms with Crippen LogP contribution in [0.5, 0.6) is 0 Å². The predicted octanol–water partition coefficient (Wildman–Crippen LogP) is 1.97. The summed E-state index contributed by atoms with van der Waals surface area (Å²) in [7, 11) is 0. The molecule has 0 saturated heterocycles. The lowest BCUT2D eigenvalue weighted by atomic mass is 10.2. The summed E-state index contributed by atoms with van der Waals surface area (Å²) in [5.41, 5.74) is 1.52. The van der Waals surface area contributed by atoms with E-state index in [1.54, 1.807) is 13.0 Å². The highest BCUT2D eigenvalue weighted by atomic mass is 16.2. The van der Waals surface area contributed by atoms with Gasteiger partial charge in [-0.05, 0) is 32.0 Å². The van der Waals surface area contributed by atoms with Gasteiger partial charge in [0.1, 0.15) is 0 Å². The van der Waals surface area contributed by atoms with Gasteiger partial charge in [-0.15, -0.1) is 0 Å². The Morgan fingerprint density at radius 3 is 2.47 bits per heavy atom. The van der Waals surface area contributed by atoms with Crippen molar-refractivity contribution in [1.82, 2.24) is 5.32 Å². The van der Waals surface area contributed by atoms with Crippen LogP contribution in [0.15, 0.2) is 24.3 Å². The Balaban J connectivity index is 2.52. The number of benzene rings is 1. The van der Waals surface area contributed by atoms with Crippen LogP contribution in [0.2, 0.25) is 0 Å². The van der Waals surface area contributed by atoms with Crippen molar-refractivity contribution in [3.05, 3.63) is 24.3 Å². The maximum Gasteiger partial charge on any atom is 0.239 e. The number of nitrogens with one attached hydrogen (secondary N) is 3. The minimum Gasteiger partial charge on any atom is -0.376 e. The second kappa shape index (κ2) is 7.41. The van der Waals surface area contributed by atoms with Crippen molar-refractivity contribution in [2.24, 2.45) is 0 Å². The highest BCUT2D eigenvalue weighted by Crippen LogP contribution is 2.14. The van der Waals surface area contributed by atoms with Crippen LogP contribution in [0.25, 0.3) is 0 Å². The third kappa shape index (κ3) is 5.90. The highest BCUT2D eigenvalue weighted by molar-refractivity contribution is 5.91. The molecule has 1 aromatic rings. The second-order valence-electron chi connectivity index (χ2n) is 4.56. The zero-order valence-corrected chi connectivity index (χ0v) is 11.6. The molecule has 0 heterocycles. The minimum absolute atomic E-state index is 0.0327. The average Bonchev–Trinajstić information content (AvgIpc) is 2.36. The standard InChI is InChI=1S/C14H21N3O2/c1-4-13(18)17-12-7-5-6-11(8-12)15-9-14(19)16-10(2)3/h5-8,10,15H,4,9H2,1-3H3,(H,16,19)(H,17,18). The molecule has 5 nitrogen and oxygen atoms in total. The van der Waals surface area contributed by atoms with Gasteiger partial charge in [-0.3, -0.25) is 9.59 Å². The number of hydrogen-bond donors (Lipinski definition) is 3. The van der Waals surface area contributed by atoms with Crippen molar-refractivity contribution in [2.75, 3.05) is 17.2 Å². The topological polar surface area (TPSA) is 70.2 Å². The minimum atomic E-state index is -0.0574. The van der Waals surface area contributed by atoms with Crippen LogP contribution in [-0.4, -0.2) is 24.4 Å². The molecule has 0 aromatic heterocycles. The first-order chi connectivity index (χ1) is 9.01. The maximum absolute atomic E-state index is 11.5. The van der Waals surface area contributed by atoms with Crippen molar-refractivity contribution in [1.29, 1.82) is 0 Å². The third-order valence-corrected chi connectivity index (χ3v) is 2.37. The summed E-state index contributed by atoms with van der Waals surface area (Å²) >= 11 is 0. The summed E-state index contributed by atoms with van der Waals surface area (Å²) in [5, 5.41) is 8.59. The molecule has 0 fully saturated rings. The lowest BCUT2D eigenvalue weighted by Gasteiger charge is -2.11. The Kier molecular flexibility index (Phi) is 5.85. The summed E-state index contributed by atoms with van der Waals surface area (Å²) in [4.78, 5) is 22.8. The lowest BCUT2D eigenvalue weighted by molar-refractivity contribution is -0.120. The third-order valence-electron chi connectivity index (χ3n) is 2.37. The largest absolute Gasteiger partial charge is 0.376 e. The molecule has 0 spiro atoms. The smallest absolute Gasteiger partial charge is 0.239 e. The zero-order valence-electron chi connectivity index (χ0n) is 11.6. The molecule has 5 heteroatoms. The molecule has 2 amide bonds. The van der Waals surface area contributed by atoms with Gasteiger partial charge < -0.3 is 16.0 Å². The average molecular weight is 263 g/mol. The van der Waals surface area contributed by atoms with E-state index in [1.807, 2.05) is 32.0 Å². The van der Waals surface area contributed by atoms with E-state index >= 15 is 0 Å². The monoisotopic (exact) mass is 263 g/mol. The molecular weight excluding hydrogens is 242 g/mol. The number of carbonyl (C=O) groups excluding carboxylic acids is 2. The Bertz CT molecular complexity index is 444. The fourth-order valence-electron chi connectivity index (χ4n) is 1.51. The molecule has 19 heavy (non-hydrogen) atoms. The van der Waals surface area contributed by atoms with Crippen LogP contribution >= 0.6 is 0 Å². The quantitative estimate of drug-likeness (QED) is 0.735. The highest BCUT2D eigenvalue weighted by Gasteiger charge is 2.04. The number of amides is 2. The first kappa shape index (κ1) is 15.0. The fraction of sp³-hybridized carbons (Fsp3) is 0.429. The van der Waals surface area contributed by atoms with Crippen LogP contribution in [0.1, 0.15) is 27.2 Å². The molecular formula is C14H21N3O2. The molecule has 0 aliphatic carbocycles. The molecule has 0 unspecified atom stereocenters. The molecule has 0 radical (unpaired) electrons. The summed E-state index contributed by atoms with van der Waals surface area (Å²) in [6, 6.07) is 7.42. The Morgan fingerprint density at radius 2 is 1.84 bits per heavy atom. The Hall–Kier alpha value is -2.04. The van der Waals surface area contributed by atoms with E-state index in [0.29, 0.717) is 6.42 Å². The number of carbonyl (C=O) groups is 2. The van der Waals surface area contributed by atoms with Gasteiger partial charge in [0, 0.05) is 23.8 Å². The molecule has 0 saturated carbocycles. The van der Waals surface area contributed by atoms with Gasteiger partial charge in [0.15, 0.2) is 0 Å². The summed E-state index contributed by atoms with van der Waals surface area (Å²) < 4.78 is 0.